The number of sulfonamides is 1. The number of hydrogen-bond donors (Lipinski definition) is 3. The van der Waals surface area contributed by atoms with Crippen LogP contribution in [0.3, 0.4) is 0 Å². The SMILES string of the molecule is NS(=O)(=O)c1ccc(Nc2ccc([N+](=O)[O-])cc2C(=O)O)cc1. The maximum absolute atomic E-state index is 11.2. The number of nitrogens with two attached hydrogens (primary N) is 1. The molecular formula is C13H11N3O6S. The first-order valence-electron chi connectivity index (χ1n) is 6.10. The van der Waals surface area contributed by atoms with Gasteiger partial charge in [0.05, 0.1) is 21.1 Å². The van der Waals surface area contributed by atoms with Gasteiger partial charge in [-0.05, 0) is 30.3 Å². The smallest absolute Gasteiger partial charge is 0.338 e. The number of carboxylic acid groups (broad SMARTS) is 1. The van der Waals surface area contributed by atoms with Gasteiger partial charge in [-0.25, -0.2) is 18.4 Å². The van der Waals surface area contributed by atoms with Crippen molar-refractivity contribution in [3.05, 3.63) is 58.1 Å². The van der Waals surface area contributed by atoms with Crippen LogP contribution in [0.2, 0.25) is 0 Å². The van der Waals surface area contributed by atoms with Gasteiger partial charge in [-0.1, -0.05) is 0 Å². The van der Waals surface area contributed by atoms with Gasteiger partial charge in [0.1, 0.15) is 0 Å². The summed E-state index contributed by atoms with van der Waals surface area (Å²) < 4.78 is 22.3. The number of anilines is 2. The van der Waals surface area contributed by atoms with Crippen LogP contribution in [0.1, 0.15) is 10.4 Å². The van der Waals surface area contributed by atoms with Crippen molar-refractivity contribution >= 4 is 33.1 Å². The van der Waals surface area contributed by atoms with Gasteiger partial charge < -0.3 is 10.4 Å². The number of primary sulfonamides is 1. The van der Waals surface area contributed by atoms with E-state index in [1.807, 2.05) is 0 Å². The molecule has 2 aromatic carbocycles. The third-order valence-electron chi connectivity index (χ3n) is 2.91. The maximum atomic E-state index is 11.2. The van der Waals surface area contributed by atoms with Crippen LogP contribution in [0.5, 0.6) is 0 Å². The molecule has 0 unspecified atom stereocenters. The van der Waals surface area contributed by atoms with E-state index in [9.17, 15) is 23.3 Å². The van der Waals surface area contributed by atoms with Gasteiger partial charge in [0.15, 0.2) is 0 Å². The molecule has 0 fully saturated rings. The summed E-state index contributed by atoms with van der Waals surface area (Å²) in [4.78, 5) is 21.1. The molecule has 0 aliphatic heterocycles. The molecule has 9 nitrogen and oxygen atoms in total. The zero-order valence-corrected chi connectivity index (χ0v) is 12.3. The minimum Gasteiger partial charge on any atom is -0.478 e. The predicted octanol–water partition coefficient (Wildman–Crippen LogP) is 1.68. The average Bonchev–Trinajstić information content (AvgIpc) is 2.46. The van der Waals surface area contributed by atoms with Crippen molar-refractivity contribution in [2.24, 2.45) is 5.14 Å². The molecule has 2 aromatic rings. The molecule has 23 heavy (non-hydrogen) atoms. The minimum atomic E-state index is -3.83. The molecule has 0 saturated heterocycles. The largest absolute Gasteiger partial charge is 0.478 e. The summed E-state index contributed by atoms with van der Waals surface area (Å²) in [6, 6.07) is 8.65. The second-order valence-electron chi connectivity index (χ2n) is 4.49. The zero-order valence-electron chi connectivity index (χ0n) is 11.5. The van der Waals surface area contributed by atoms with Crippen LogP contribution in [0.15, 0.2) is 47.4 Å². The third kappa shape index (κ3) is 3.81. The highest BCUT2D eigenvalue weighted by molar-refractivity contribution is 7.89. The number of aromatic carboxylic acids is 1. The summed E-state index contributed by atoms with van der Waals surface area (Å²) in [6.07, 6.45) is 0. The van der Waals surface area contributed by atoms with E-state index in [0.717, 1.165) is 12.1 Å². The van der Waals surface area contributed by atoms with E-state index in [1.54, 1.807) is 0 Å². The highest BCUT2D eigenvalue weighted by atomic mass is 32.2. The standard InChI is InChI=1S/C13H11N3O6S/c14-23(21,22)10-4-1-8(2-5-10)15-12-6-3-9(16(19)20)7-11(12)13(17)18/h1-7,15H,(H,17,18)(H2,14,21,22). The fourth-order valence-corrected chi connectivity index (χ4v) is 2.33. The lowest BCUT2D eigenvalue weighted by molar-refractivity contribution is -0.384. The number of nitrogens with one attached hydrogen (secondary N) is 1. The number of nitro benzene ring substituents is 1. The molecule has 0 bridgehead atoms. The minimum absolute atomic E-state index is 0.0924. The number of non-ortho nitro benzene ring substituents is 1. The molecule has 120 valence electrons. The first-order chi connectivity index (χ1) is 10.7. The van der Waals surface area contributed by atoms with Gasteiger partial charge in [-0.15, -0.1) is 0 Å². The Bertz CT molecular complexity index is 877. The number of carboxylic acids is 1. The lowest BCUT2D eigenvalue weighted by Gasteiger charge is -2.10. The van der Waals surface area contributed by atoms with Gasteiger partial charge in [0.2, 0.25) is 10.0 Å². The van der Waals surface area contributed by atoms with Crippen LogP contribution in [0.4, 0.5) is 17.1 Å². The van der Waals surface area contributed by atoms with Gasteiger partial charge in [-0.3, -0.25) is 10.1 Å². The van der Waals surface area contributed by atoms with E-state index in [-0.39, 0.29) is 21.8 Å². The zero-order chi connectivity index (χ0) is 17.2. The molecule has 0 aromatic heterocycles. The predicted molar refractivity (Wildman–Crippen MR) is 81.2 cm³/mol. The number of nitrogens with zero attached hydrogens (tertiary/aromatic N) is 1. The molecule has 0 atom stereocenters. The Kier molecular flexibility index (Phi) is 4.29. The van der Waals surface area contributed by atoms with E-state index in [4.69, 9.17) is 10.2 Å². The molecule has 10 heteroatoms. The van der Waals surface area contributed by atoms with Crippen LogP contribution in [0, 0.1) is 10.1 Å². The summed E-state index contributed by atoms with van der Waals surface area (Å²) >= 11 is 0. The molecule has 0 heterocycles. The molecule has 2 rings (SSSR count). The Hall–Kier alpha value is -2.98. The quantitative estimate of drug-likeness (QED) is 0.554. The van der Waals surface area contributed by atoms with Crippen molar-refractivity contribution in [2.45, 2.75) is 4.90 Å². The molecule has 4 N–H and O–H groups in total. The Labute approximate surface area is 130 Å². The summed E-state index contributed by atoms with van der Waals surface area (Å²) in [5.41, 5.74) is -0.104. The van der Waals surface area contributed by atoms with Crippen LogP contribution in [-0.4, -0.2) is 24.4 Å². The van der Waals surface area contributed by atoms with E-state index in [0.29, 0.717) is 5.69 Å². The average molecular weight is 337 g/mol. The van der Waals surface area contributed by atoms with Crippen LogP contribution < -0.4 is 10.5 Å². The number of nitro groups is 1. The van der Waals surface area contributed by atoms with Crippen LogP contribution in [0.25, 0.3) is 0 Å². The van der Waals surface area contributed by atoms with E-state index in [2.05, 4.69) is 5.32 Å². The summed E-state index contributed by atoms with van der Waals surface area (Å²) in [5, 5.41) is 27.6. The van der Waals surface area contributed by atoms with Crippen molar-refractivity contribution < 1.29 is 23.2 Å². The molecule has 0 amide bonds. The lowest BCUT2D eigenvalue weighted by Crippen LogP contribution is -2.11. The summed E-state index contributed by atoms with van der Waals surface area (Å²) in [6.45, 7) is 0. The van der Waals surface area contributed by atoms with Crippen molar-refractivity contribution in [3.8, 4) is 0 Å². The normalized spacial score (nSPS) is 11.0. The second kappa shape index (κ2) is 6.02. The number of rotatable bonds is 5. The van der Waals surface area contributed by atoms with E-state index in [1.165, 1.54) is 30.3 Å². The Balaban J connectivity index is 2.36. The molecule has 0 saturated carbocycles. The second-order valence-corrected chi connectivity index (χ2v) is 6.05. The van der Waals surface area contributed by atoms with E-state index >= 15 is 0 Å². The molecule has 0 aliphatic rings. The topological polar surface area (TPSA) is 153 Å². The molecule has 0 aliphatic carbocycles. The first kappa shape index (κ1) is 16.4. The van der Waals surface area contributed by atoms with Crippen molar-refractivity contribution in [1.82, 2.24) is 0 Å². The molecule has 0 radical (unpaired) electrons. The number of benzene rings is 2. The van der Waals surface area contributed by atoms with Gasteiger partial charge >= 0.3 is 5.97 Å². The fourth-order valence-electron chi connectivity index (χ4n) is 1.82. The molecule has 0 spiro atoms. The van der Waals surface area contributed by atoms with Gasteiger partial charge in [0.25, 0.3) is 5.69 Å². The third-order valence-corrected chi connectivity index (χ3v) is 3.84. The first-order valence-corrected chi connectivity index (χ1v) is 7.65. The fraction of sp³-hybridized carbons (Fsp3) is 0. The maximum Gasteiger partial charge on any atom is 0.338 e. The lowest BCUT2D eigenvalue weighted by atomic mass is 10.1. The van der Waals surface area contributed by atoms with E-state index < -0.39 is 20.9 Å². The van der Waals surface area contributed by atoms with Crippen molar-refractivity contribution in [2.75, 3.05) is 5.32 Å². The molecular weight excluding hydrogens is 326 g/mol. The highest BCUT2D eigenvalue weighted by Crippen LogP contribution is 2.26. The highest BCUT2D eigenvalue weighted by Gasteiger charge is 2.16. The van der Waals surface area contributed by atoms with Crippen molar-refractivity contribution in [1.29, 1.82) is 0 Å². The monoisotopic (exact) mass is 337 g/mol. The summed E-state index contributed by atoms with van der Waals surface area (Å²) in [5.74, 6) is -1.34. The van der Waals surface area contributed by atoms with Crippen LogP contribution >= 0.6 is 0 Å². The number of carbonyl (C=O) groups is 1. The Morgan fingerprint density at radius 1 is 1.17 bits per heavy atom. The van der Waals surface area contributed by atoms with Crippen molar-refractivity contribution in [3.63, 3.8) is 0 Å². The Morgan fingerprint density at radius 2 is 1.78 bits per heavy atom. The van der Waals surface area contributed by atoms with Gasteiger partial charge in [-0.2, -0.15) is 0 Å². The van der Waals surface area contributed by atoms with Gasteiger partial charge in [0, 0.05) is 17.8 Å². The number of hydrogen-bond acceptors (Lipinski definition) is 6. The van der Waals surface area contributed by atoms with Crippen LogP contribution in [-0.2, 0) is 10.0 Å². The Morgan fingerprint density at radius 3 is 2.26 bits per heavy atom. The summed E-state index contributed by atoms with van der Waals surface area (Å²) in [7, 11) is -3.83.